The molecule has 1 aromatic rings. The van der Waals surface area contributed by atoms with Gasteiger partial charge < -0.3 is 9.73 Å². The van der Waals surface area contributed by atoms with E-state index in [0.29, 0.717) is 23.5 Å². The Hall–Kier alpha value is -2.11. The third-order valence-corrected chi connectivity index (χ3v) is 6.07. The molecule has 134 valence electrons. The van der Waals surface area contributed by atoms with E-state index in [9.17, 15) is 9.59 Å². The molecule has 25 heavy (non-hydrogen) atoms. The van der Waals surface area contributed by atoms with E-state index in [4.69, 9.17) is 4.42 Å². The van der Waals surface area contributed by atoms with Crippen molar-refractivity contribution >= 4 is 18.0 Å². The first-order chi connectivity index (χ1) is 12.0. The summed E-state index contributed by atoms with van der Waals surface area (Å²) in [5.74, 6) is 3.25. The van der Waals surface area contributed by atoms with Crippen LogP contribution in [0.1, 0.15) is 50.0 Å². The highest BCUT2D eigenvalue weighted by Gasteiger charge is 2.54. The highest BCUT2D eigenvalue weighted by atomic mass is 16.3. The molecule has 4 fully saturated rings. The van der Waals surface area contributed by atoms with Crippen LogP contribution in [-0.4, -0.2) is 24.6 Å². The summed E-state index contributed by atoms with van der Waals surface area (Å²) in [6.45, 7) is 1.81. The monoisotopic (exact) mass is 343 g/mol. The molecular weight excluding hydrogens is 318 g/mol. The number of carbonyl (C=O) groups excluding carboxylic acids is 2. The third kappa shape index (κ3) is 3.34. The van der Waals surface area contributed by atoms with Crippen molar-refractivity contribution < 1.29 is 14.0 Å². The van der Waals surface area contributed by atoms with Gasteiger partial charge in [0.25, 0.3) is 5.91 Å². The maximum Gasteiger partial charge on any atom is 0.259 e. The Morgan fingerprint density at radius 1 is 1.20 bits per heavy atom. The molecule has 0 saturated heterocycles. The van der Waals surface area contributed by atoms with Gasteiger partial charge in [0.1, 0.15) is 11.5 Å². The van der Waals surface area contributed by atoms with Crippen LogP contribution < -0.4 is 10.7 Å². The molecule has 4 saturated carbocycles. The van der Waals surface area contributed by atoms with E-state index < -0.39 is 0 Å². The molecule has 1 aromatic heterocycles. The van der Waals surface area contributed by atoms with Gasteiger partial charge in [-0.15, -0.1) is 0 Å². The van der Waals surface area contributed by atoms with Crippen molar-refractivity contribution in [1.82, 2.24) is 10.7 Å². The lowest BCUT2D eigenvalue weighted by atomic mass is 9.49. The Kier molecular flexibility index (Phi) is 4.13. The molecule has 0 atom stereocenters. The van der Waals surface area contributed by atoms with Crippen LogP contribution >= 0.6 is 0 Å². The lowest BCUT2D eigenvalue weighted by molar-refractivity contribution is -0.147. The zero-order chi connectivity index (χ0) is 17.4. The van der Waals surface area contributed by atoms with Crippen molar-refractivity contribution in [3.8, 4) is 0 Å². The maximum absolute atomic E-state index is 12.8. The highest BCUT2D eigenvalue weighted by molar-refractivity contribution is 5.88. The average Bonchev–Trinajstić information content (AvgIpc) is 2.96. The first kappa shape index (κ1) is 16.4. The second-order valence-electron chi connectivity index (χ2n) is 8.12. The minimum absolute atomic E-state index is 0.0326. The zero-order valence-electron chi connectivity index (χ0n) is 14.6. The molecule has 0 aliphatic heterocycles. The lowest BCUT2D eigenvalue weighted by Crippen LogP contribution is -2.54. The fraction of sp³-hybridized carbons (Fsp3) is 0.632. The van der Waals surface area contributed by atoms with Gasteiger partial charge in [0.05, 0.1) is 12.8 Å². The summed E-state index contributed by atoms with van der Waals surface area (Å²) in [5.41, 5.74) is 2.21. The summed E-state index contributed by atoms with van der Waals surface area (Å²) in [5, 5.41) is 6.70. The molecule has 0 radical (unpaired) electrons. The van der Waals surface area contributed by atoms with Crippen LogP contribution in [-0.2, 0) is 9.59 Å². The number of aryl methyl sites for hydroxylation is 1. The first-order valence-electron chi connectivity index (χ1n) is 9.19. The second-order valence-corrected chi connectivity index (χ2v) is 8.12. The zero-order valence-corrected chi connectivity index (χ0v) is 14.6. The van der Waals surface area contributed by atoms with Gasteiger partial charge in [-0.25, -0.2) is 5.43 Å². The number of nitrogens with one attached hydrogen (secondary N) is 2. The summed E-state index contributed by atoms with van der Waals surface area (Å²) >= 11 is 0. The number of furan rings is 1. The maximum atomic E-state index is 12.8. The van der Waals surface area contributed by atoms with E-state index in [1.54, 1.807) is 6.07 Å². The number of carbonyl (C=O) groups is 2. The SMILES string of the molecule is Cc1ccc(/C=N/NC(=O)CNC(=O)C23CC4CC(CC(C4)C2)C3)o1. The Morgan fingerprint density at radius 2 is 1.84 bits per heavy atom. The number of hydrazone groups is 1. The van der Waals surface area contributed by atoms with Gasteiger partial charge in [-0.3, -0.25) is 9.59 Å². The summed E-state index contributed by atoms with van der Waals surface area (Å²) in [6, 6.07) is 3.61. The van der Waals surface area contributed by atoms with E-state index in [1.165, 1.54) is 25.5 Å². The Labute approximate surface area is 147 Å². The number of hydrogen-bond acceptors (Lipinski definition) is 4. The van der Waals surface area contributed by atoms with Gasteiger partial charge in [-0.1, -0.05) is 0 Å². The normalized spacial score (nSPS) is 32.9. The number of hydrogen-bond donors (Lipinski definition) is 2. The van der Waals surface area contributed by atoms with Crippen LogP contribution in [0.2, 0.25) is 0 Å². The molecule has 0 unspecified atom stereocenters. The van der Waals surface area contributed by atoms with Crippen LogP contribution in [0.15, 0.2) is 21.7 Å². The molecule has 5 rings (SSSR count). The molecule has 6 heteroatoms. The van der Waals surface area contributed by atoms with Crippen molar-refractivity contribution in [2.45, 2.75) is 45.4 Å². The molecule has 6 nitrogen and oxygen atoms in total. The van der Waals surface area contributed by atoms with Gasteiger partial charge in [0.2, 0.25) is 5.91 Å². The van der Waals surface area contributed by atoms with Crippen LogP contribution in [0, 0.1) is 30.1 Å². The predicted octanol–water partition coefficient (Wildman–Crippen LogP) is 2.37. The Balaban J connectivity index is 1.27. The predicted molar refractivity (Wildman–Crippen MR) is 92.8 cm³/mol. The van der Waals surface area contributed by atoms with E-state index in [1.807, 2.05) is 13.0 Å². The first-order valence-corrected chi connectivity index (χ1v) is 9.19. The largest absolute Gasteiger partial charge is 0.460 e. The Morgan fingerprint density at radius 3 is 2.40 bits per heavy atom. The average molecular weight is 343 g/mol. The molecule has 1 heterocycles. The number of amides is 2. The Bertz CT molecular complexity index is 671. The second kappa shape index (κ2) is 6.32. The quantitative estimate of drug-likeness (QED) is 0.636. The third-order valence-electron chi connectivity index (χ3n) is 6.07. The van der Waals surface area contributed by atoms with Gasteiger partial charge in [-0.2, -0.15) is 5.10 Å². The topological polar surface area (TPSA) is 83.7 Å². The van der Waals surface area contributed by atoms with Crippen molar-refractivity contribution in [3.05, 3.63) is 23.7 Å². The molecule has 4 bridgehead atoms. The van der Waals surface area contributed by atoms with Crippen LogP contribution in [0.4, 0.5) is 0 Å². The smallest absolute Gasteiger partial charge is 0.259 e. The van der Waals surface area contributed by atoms with Gasteiger partial charge in [0.15, 0.2) is 0 Å². The van der Waals surface area contributed by atoms with Crippen molar-refractivity contribution in [3.63, 3.8) is 0 Å². The fourth-order valence-corrected chi connectivity index (χ4v) is 5.47. The van der Waals surface area contributed by atoms with Crippen LogP contribution in [0.3, 0.4) is 0 Å². The van der Waals surface area contributed by atoms with E-state index in [0.717, 1.165) is 25.0 Å². The highest BCUT2D eigenvalue weighted by Crippen LogP contribution is 2.60. The fourth-order valence-electron chi connectivity index (χ4n) is 5.47. The van der Waals surface area contributed by atoms with Gasteiger partial charge in [0, 0.05) is 5.41 Å². The molecule has 0 aromatic carbocycles. The summed E-state index contributed by atoms with van der Waals surface area (Å²) in [7, 11) is 0. The summed E-state index contributed by atoms with van der Waals surface area (Å²) in [6.07, 6.45) is 8.36. The van der Waals surface area contributed by atoms with E-state index in [2.05, 4.69) is 15.8 Å². The van der Waals surface area contributed by atoms with Crippen molar-refractivity contribution in [1.29, 1.82) is 0 Å². The molecule has 4 aliphatic rings. The molecule has 2 N–H and O–H groups in total. The molecule has 0 spiro atoms. The van der Waals surface area contributed by atoms with E-state index in [-0.39, 0.29) is 23.8 Å². The minimum Gasteiger partial charge on any atom is -0.460 e. The molecule has 2 amide bonds. The van der Waals surface area contributed by atoms with Gasteiger partial charge >= 0.3 is 0 Å². The molecular formula is C19H25N3O3. The van der Waals surface area contributed by atoms with Crippen LogP contribution in [0.25, 0.3) is 0 Å². The van der Waals surface area contributed by atoms with Gasteiger partial charge in [-0.05, 0) is 75.3 Å². The van der Waals surface area contributed by atoms with E-state index >= 15 is 0 Å². The summed E-state index contributed by atoms with van der Waals surface area (Å²) in [4.78, 5) is 24.7. The number of rotatable bonds is 5. The standard InChI is InChI=1S/C19H25N3O3/c1-12-2-3-16(25-12)10-21-22-17(23)11-20-18(24)19-7-13-4-14(8-19)6-15(5-13)9-19/h2-3,10,13-15H,4-9,11H2,1H3,(H,20,24)(H,22,23)/b21-10+. The van der Waals surface area contributed by atoms with Crippen molar-refractivity contribution in [2.24, 2.45) is 28.3 Å². The molecule has 4 aliphatic carbocycles. The van der Waals surface area contributed by atoms with Crippen LogP contribution in [0.5, 0.6) is 0 Å². The lowest BCUT2D eigenvalue weighted by Gasteiger charge is -2.55. The van der Waals surface area contributed by atoms with Crippen molar-refractivity contribution in [2.75, 3.05) is 6.54 Å². The minimum atomic E-state index is -0.322. The number of nitrogens with zero attached hydrogens (tertiary/aromatic N) is 1. The summed E-state index contributed by atoms with van der Waals surface area (Å²) < 4.78 is 5.33.